The minimum Gasteiger partial charge on any atom is -0.388 e. The van der Waals surface area contributed by atoms with Crippen LogP contribution in [0.1, 0.15) is 48.2 Å². The molecule has 0 saturated carbocycles. The highest BCUT2D eigenvalue weighted by Gasteiger charge is 2.11. The molecule has 0 saturated heterocycles. The van der Waals surface area contributed by atoms with Crippen LogP contribution in [0.2, 0.25) is 0 Å². The molecule has 2 heterocycles. The molecule has 1 atom stereocenters. The zero-order valence-corrected chi connectivity index (χ0v) is 19.3. The molecule has 0 aliphatic carbocycles. The van der Waals surface area contributed by atoms with Crippen molar-refractivity contribution in [1.82, 2.24) is 15.0 Å². The molecular formula is C24H28N6OS. The van der Waals surface area contributed by atoms with Crippen molar-refractivity contribution in [3.8, 4) is 17.3 Å². The number of hydrogen-bond donors (Lipinski definition) is 2. The normalized spacial score (nSPS) is 11.0. The van der Waals surface area contributed by atoms with Gasteiger partial charge in [0.25, 0.3) is 0 Å². The number of hydrogen-bond acceptors (Lipinski definition) is 7. The Morgan fingerprint density at radius 2 is 1.97 bits per heavy atom. The summed E-state index contributed by atoms with van der Waals surface area (Å²) in [6.45, 7) is 2.89. The molecule has 0 aliphatic rings. The molecule has 0 bridgehead atoms. The molecular weight excluding hydrogens is 420 g/mol. The van der Waals surface area contributed by atoms with Crippen LogP contribution in [0.15, 0.2) is 55.0 Å². The number of para-hydroxylation sites is 1. The summed E-state index contributed by atoms with van der Waals surface area (Å²) in [6.07, 6.45) is 4.42. The molecule has 32 heavy (non-hydrogen) atoms. The van der Waals surface area contributed by atoms with E-state index in [1.807, 2.05) is 37.4 Å². The number of pyridine rings is 1. The van der Waals surface area contributed by atoms with Gasteiger partial charge in [0, 0.05) is 55.9 Å². The Bertz CT molecular complexity index is 1060. The molecule has 2 aromatic heterocycles. The molecule has 0 fully saturated rings. The highest BCUT2D eigenvalue weighted by molar-refractivity contribution is 7.59. The lowest BCUT2D eigenvalue weighted by molar-refractivity contribution is 0.0976. The Morgan fingerprint density at radius 3 is 2.69 bits per heavy atom. The van der Waals surface area contributed by atoms with E-state index in [2.05, 4.69) is 44.6 Å². The van der Waals surface area contributed by atoms with E-state index in [9.17, 15) is 4.79 Å². The lowest BCUT2D eigenvalue weighted by Crippen LogP contribution is -2.12. The second-order valence-electron chi connectivity index (χ2n) is 7.27. The Balaban J connectivity index is 0.00000363. The quantitative estimate of drug-likeness (QED) is 0.340. The van der Waals surface area contributed by atoms with E-state index in [0.29, 0.717) is 25.0 Å². The number of nitrogens with zero attached hydrogens (tertiary/aromatic N) is 4. The number of nitrogens with one attached hydrogen (secondary N) is 2. The third-order valence-corrected chi connectivity index (χ3v) is 5.05. The summed E-state index contributed by atoms with van der Waals surface area (Å²) in [5.41, 5.74) is 4.31. The molecule has 8 heteroatoms. The first kappa shape index (κ1) is 24.8. The van der Waals surface area contributed by atoms with Crippen molar-refractivity contribution >= 4 is 30.8 Å². The number of carbonyl (C=O) groups excluding carboxylic acids is 1. The smallest absolute Gasteiger partial charge is 0.181 e. The first-order valence-corrected chi connectivity index (χ1v) is 10.3. The van der Waals surface area contributed by atoms with E-state index in [1.165, 1.54) is 11.9 Å². The van der Waals surface area contributed by atoms with Gasteiger partial charge in [-0.05, 0) is 30.2 Å². The Morgan fingerprint density at radius 1 is 1.16 bits per heavy atom. The number of Topliss-reactive ketones (excluding diaryl/α,β-unsaturated/α-hetero) is 1. The predicted octanol–water partition coefficient (Wildman–Crippen LogP) is 4.79. The molecule has 3 rings (SSSR count). The number of ketones is 1. The minimum atomic E-state index is -0.0531. The highest BCUT2D eigenvalue weighted by atomic mass is 32.1. The molecule has 0 radical (unpaired) electrons. The minimum absolute atomic E-state index is 0. The van der Waals surface area contributed by atoms with Crippen molar-refractivity contribution in [3.05, 3.63) is 66.2 Å². The van der Waals surface area contributed by atoms with E-state index in [4.69, 9.17) is 5.26 Å². The maximum absolute atomic E-state index is 12.1. The Hall–Kier alpha value is -3.44. The largest absolute Gasteiger partial charge is 0.388 e. The van der Waals surface area contributed by atoms with E-state index in [1.54, 1.807) is 12.3 Å². The highest BCUT2D eigenvalue weighted by Crippen LogP contribution is 2.25. The van der Waals surface area contributed by atoms with Crippen molar-refractivity contribution in [2.75, 3.05) is 24.2 Å². The summed E-state index contributed by atoms with van der Waals surface area (Å²) < 4.78 is 0. The summed E-state index contributed by atoms with van der Waals surface area (Å²) in [5, 5.41) is 15.2. The van der Waals surface area contributed by atoms with Crippen molar-refractivity contribution < 1.29 is 4.79 Å². The fraction of sp³-hybridized carbons (Fsp3) is 0.292. The molecule has 3 aromatic rings. The van der Waals surface area contributed by atoms with Gasteiger partial charge < -0.3 is 10.6 Å². The van der Waals surface area contributed by atoms with Crippen LogP contribution in [-0.4, -0.2) is 34.3 Å². The van der Waals surface area contributed by atoms with Gasteiger partial charge in [-0.25, -0.2) is 9.97 Å². The number of unbranched alkanes of at least 4 members (excludes halogenated alkanes) is 1. The van der Waals surface area contributed by atoms with Crippen LogP contribution in [0, 0.1) is 11.3 Å². The summed E-state index contributed by atoms with van der Waals surface area (Å²) in [6, 6.07) is 15.7. The lowest BCUT2D eigenvalue weighted by Gasteiger charge is -2.17. The zero-order chi connectivity index (χ0) is 22.1. The standard InChI is InChI=1S/C24H26N6O.H2S/c1-17(19-7-3-4-8-20(19)26-2)14-28-24-13-22(29-16-30-24)18-10-11-21(27-15-18)23(31)9-5-6-12-25;/h3-4,7-8,10-11,13,15-17,26H,5-6,9,14H2,1-2H3,(H,28,29,30);1H2/t17-;/m1./s1. The van der Waals surface area contributed by atoms with Gasteiger partial charge in [-0.1, -0.05) is 25.1 Å². The zero-order valence-electron chi connectivity index (χ0n) is 18.3. The van der Waals surface area contributed by atoms with Crippen LogP contribution in [-0.2, 0) is 0 Å². The molecule has 166 valence electrons. The van der Waals surface area contributed by atoms with Gasteiger partial charge in [0.15, 0.2) is 5.78 Å². The van der Waals surface area contributed by atoms with Crippen LogP contribution in [0.4, 0.5) is 11.5 Å². The Kier molecular flexibility index (Phi) is 9.64. The van der Waals surface area contributed by atoms with Gasteiger partial charge in [-0.15, -0.1) is 0 Å². The van der Waals surface area contributed by atoms with E-state index < -0.39 is 0 Å². The van der Waals surface area contributed by atoms with Crippen molar-refractivity contribution in [2.24, 2.45) is 0 Å². The number of benzene rings is 1. The summed E-state index contributed by atoms with van der Waals surface area (Å²) in [7, 11) is 1.93. The second kappa shape index (κ2) is 12.4. The van der Waals surface area contributed by atoms with Crippen molar-refractivity contribution in [3.63, 3.8) is 0 Å². The van der Waals surface area contributed by atoms with Gasteiger partial charge in [0.05, 0.1) is 11.8 Å². The molecule has 0 unspecified atom stereocenters. The van der Waals surface area contributed by atoms with Crippen LogP contribution >= 0.6 is 13.5 Å². The van der Waals surface area contributed by atoms with Gasteiger partial charge in [0.1, 0.15) is 17.8 Å². The van der Waals surface area contributed by atoms with Gasteiger partial charge in [-0.3, -0.25) is 9.78 Å². The molecule has 0 amide bonds. The predicted molar refractivity (Wildman–Crippen MR) is 132 cm³/mol. The topological polar surface area (TPSA) is 104 Å². The number of rotatable bonds is 10. The van der Waals surface area contributed by atoms with E-state index in [-0.39, 0.29) is 25.2 Å². The lowest BCUT2D eigenvalue weighted by atomic mass is 9.99. The van der Waals surface area contributed by atoms with Crippen LogP contribution < -0.4 is 10.6 Å². The van der Waals surface area contributed by atoms with E-state index in [0.717, 1.165) is 29.3 Å². The van der Waals surface area contributed by atoms with Gasteiger partial charge >= 0.3 is 0 Å². The number of anilines is 2. The van der Waals surface area contributed by atoms with Crippen molar-refractivity contribution in [1.29, 1.82) is 5.26 Å². The van der Waals surface area contributed by atoms with Gasteiger partial charge in [0.2, 0.25) is 0 Å². The fourth-order valence-electron chi connectivity index (χ4n) is 3.30. The fourth-order valence-corrected chi connectivity index (χ4v) is 3.30. The number of aromatic nitrogens is 3. The third-order valence-electron chi connectivity index (χ3n) is 5.05. The molecule has 2 N–H and O–H groups in total. The summed E-state index contributed by atoms with van der Waals surface area (Å²) >= 11 is 0. The van der Waals surface area contributed by atoms with Crippen LogP contribution in [0.3, 0.4) is 0 Å². The molecule has 1 aromatic carbocycles. The average molecular weight is 449 g/mol. The molecule has 0 spiro atoms. The maximum Gasteiger partial charge on any atom is 0.181 e. The Labute approximate surface area is 195 Å². The SMILES string of the molecule is CNc1ccccc1[C@H](C)CNc1cc(-c2ccc(C(=O)CCCC#N)nc2)ncn1.S. The summed E-state index contributed by atoms with van der Waals surface area (Å²) in [4.78, 5) is 25.1. The van der Waals surface area contributed by atoms with Crippen LogP contribution in [0.25, 0.3) is 11.3 Å². The van der Waals surface area contributed by atoms with Gasteiger partial charge in [-0.2, -0.15) is 18.8 Å². The number of carbonyl (C=O) groups is 1. The molecule has 7 nitrogen and oxygen atoms in total. The number of nitriles is 1. The first-order valence-electron chi connectivity index (χ1n) is 10.3. The second-order valence-corrected chi connectivity index (χ2v) is 7.27. The monoisotopic (exact) mass is 448 g/mol. The summed E-state index contributed by atoms with van der Waals surface area (Å²) in [5.74, 6) is 0.966. The van der Waals surface area contributed by atoms with E-state index >= 15 is 0 Å². The first-order chi connectivity index (χ1) is 15.1. The van der Waals surface area contributed by atoms with Crippen molar-refractivity contribution in [2.45, 2.75) is 32.1 Å². The molecule has 0 aliphatic heterocycles. The maximum atomic E-state index is 12.1. The third kappa shape index (κ3) is 6.53. The van der Waals surface area contributed by atoms with Crippen LogP contribution in [0.5, 0.6) is 0 Å². The average Bonchev–Trinajstić information content (AvgIpc) is 2.83.